The van der Waals surface area contributed by atoms with E-state index in [1.807, 2.05) is 24.1 Å². The molecule has 24 heavy (non-hydrogen) atoms. The quantitative estimate of drug-likeness (QED) is 0.853. The van der Waals surface area contributed by atoms with Crippen LogP contribution in [0.3, 0.4) is 0 Å². The summed E-state index contributed by atoms with van der Waals surface area (Å²) < 4.78 is 1.64. The van der Waals surface area contributed by atoms with Crippen molar-refractivity contribution < 1.29 is 4.79 Å². The van der Waals surface area contributed by atoms with Gasteiger partial charge in [-0.1, -0.05) is 6.07 Å². The number of anilines is 1. The Morgan fingerprint density at radius 2 is 2.12 bits per heavy atom. The first-order valence-electron chi connectivity index (χ1n) is 7.96. The summed E-state index contributed by atoms with van der Waals surface area (Å²) >= 11 is 0. The lowest BCUT2D eigenvalue weighted by Crippen LogP contribution is -2.45. The first-order valence-corrected chi connectivity index (χ1v) is 7.96. The van der Waals surface area contributed by atoms with E-state index in [2.05, 4.69) is 21.1 Å². The second kappa shape index (κ2) is 6.71. The summed E-state index contributed by atoms with van der Waals surface area (Å²) in [6, 6.07) is 7.75. The number of aryl methyl sites for hydroxylation is 1. The predicted octanol–water partition coefficient (Wildman–Crippen LogP) is 1.43. The Bertz CT molecular complexity index is 769. The van der Waals surface area contributed by atoms with Gasteiger partial charge in [-0.15, -0.1) is 0 Å². The molecule has 1 amide bonds. The summed E-state index contributed by atoms with van der Waals surface area (Å²) in [4.78, 5) is 20.8. The SMILES string of the molecule is CN(C(=O)c1cnn(C)c1)C1CCN(c2cccc(C#N)n2)CC1. The van der Waals surface area contributed by atoms with Crippen LogP contribution in [0.5, 0.6) is 0 Å². The third-order valence-corrected chi connectivity index (χ3v) is 4.46. The number of amides is 1. The number of pyridine rings is 1. The molecular formula is C17H20N6O. The van der Waals surface area contributed by atoms with E-state index < -0.39 is 0 Å². The monoisotopic (exact) mass is 324 g/mol. The summed E-state index contributed by atoms with van der Waals surface area (Å²) in [5, 5.41) is 13.0. The first-order chi connectivity index (χ1) is 11.6. The highest BCUT2D eigenvalue weighted by Crippen LogP contribution is 2.21. The summed E-state index contributed by atoms with van der Waals surface area (Å²) in [6.07, 6.45) is 5.10. The fraction of sp³-hybridized carbons (Fsp3) is 0.412. The van der Waals surface area contributed by atoms with E-state index in [0.717, 1.165) is 31.7 Å². The van der Waals surface area contributed by atoms with Crippen molar-refractivity contribution in [3.8, 4) is 6.07 Å². The summed E-state index contributed by atoms with van der Waals surface area (Å²) in [5.41, 5.74) is 1.05. The van der Waals surface area contributed by atoms with Crippen molar-refractivity contribution >= 4 is 11.7 Å². The molecule has 2 aromatic rings. The van der Waals surface area contributed by atoms with Crippen LogP contribution in [-0.2, 0) is 7.05 Å². The van der Waals surface area contributed by atoms with Gasteiger partial charge in [0.2, 0.25) is 0 Å². The van der Waals surface area contributed by atoms with Gasteiger partial charge in [0, 0.05) is 39.4 Å². The van der Waals surface area contributed by atoms with Gasteiger partial charge in [-0.05, 0) is 25.0 Å². The number of nitriles is 1. The van der Waals surface area contributed by atoms with Gasteiger partial charge in [0.25, 0.3) is 5.91 Å². The predicted molar refractivity (Wildman–Crippen MR) is 89.5 cm³/mol. The number of carbonyl (C=O) groups excluding carboxylic acids is 1. The highest BCUT2D eigenvalue weighted by molar-refractivity contribution is 5.93. The maximum absolute atomic E-state index is 12.5. The lowest BCUT2D eigenvalue weighted by Gasteiger charge is -2.37. The fourth-order valence-electron chi connectivity index (χ4n) is 3.05. The van der Waals surface area contributed by atoms with E-state index in [1.54, 1.807) is 30.2 Å². The minimum Gasteiger partial charge on any atom is -0.356 e. The molecule has 2 aromatic heterocycles. The van der Waals surface area contributed by atoms with Crippen LogP contribution in [0, 0.1) is 11.3 Å². The second-order valence-corrected chi connectivity index (χ2v) is 6.03. The molecule has 0 spiro atoms. The molecule has 124 valence electrons. The Morgan fingerprint density at radius 3 is 2.75 bits per heavy atom. The molecular weight excluding hydrogens is 304 g/mol. The van der Waals surface area contributed by atoms with Crippen LogP contribution in [0.25, 0.3) is 0 Å². The highest BCUT2D eigenvalue weighted by atomic mass is 16.2. The van der Waals surface area contributed by atoms with Crippen LogP contribution in [0.4, 0.5) is 5.82 Å². The number of carbonyl (C=O) groups is 1. The summed E-state index contributed by atoms with van der Waals surface area (Å²) in [6.45, 7) is 1.63. The molecule has 7 nitrogen and oxygen atoms in total. The van der Waals surface area contributed by atoms with E-state index in [1.165, 1.54) is 0 Å². The molecule has 3 heterocycles. The van der Waals surface area contributed by atoms with Gasteiger partial charge in [0.1, 0.15) is 17.6 Å². The number of hydrogen-bond donors (Lipinski definition) is 0. The maximum Gasteiger partial charge on any atom is 0.257 e. The molecule has 0 unspecified atom stereocenters. The molecule has 3 rings (SSSR count). The van der Waals surface area contributed by atoms with Crippen molar-refractivity contribution in [2.24, 2.45) is 7.05 Å². The van der Waals surface area contributed by atoms with Gasteiger partial charge >= 0.3 is 0 Å². The number of nitrogens with zero attached hydrogens (tertiary/aromatic N) is 6. The van der Waals surface area contributed by atoms with Crippen LogP contribution < -0.4 is 4.90 Å². The van der Waals surface area contributed by atoms with Crippen molar-refractivity contribution in [2.45, 2.75) is 18.9 Å². The molecule has 0 saturated carbocycles. The van der Waals surface area contributed by atoms with E-state index >= 15 is 0 Å². The van der Waals surface area contributed by atoms with Gasteiger partial charge in [-0.2, -0.15) is 10.4 Å². The minimum absolute atomic E-state index is 0.00570. The third-order valence-electron chi connectivity index (χ3n) is 4.46. The van der Waals surface area contributed by atoms with E-state index in [0.29, 0.717) is 11.3 Å². The van der Waals surface area contributed by atoms with Gasteiger partial charge in [-0.3, -0.25) is 9.48 Å². The minimum atomic E-state index is 0.00570. The molecule has 0 aromatic carbocycles. The van der Waals surface area contributed by atoms with Crippen molar-refractivity contribution in [2.75, 3.05) is 25.0 Å². The van der Waals surface area contributed by atoms with Gasteiger partial charge in [0.15, 0.2) is 0 Å². The van der Waals surface area contributed by atoms with Gasteiger partial charge in [-0.25, -0.2) is 4.98 Å². The average molecular weight is 324 g/mol. The maximum atomic E-state index is 12.5. The van der Waals surface area contributed by atoms with Crippen LogP contribution in [-0.4, -0.2) is 51.8 Å². The van der Waals surface area contributed by atoms with Gasteiger partial charge in [0.05, 0.1) is 11.8 Å². The van der Waals surface area contributed by atoms with Crippen LogP contribution in [0.15, 0.2) is 30.6 Å². The molecule has 0 bridgehead atoms. The number of piperidine rings is 1. The molecule has 7 heteroatoms. The number of rotatable bonds is 3. The van der Waals surface area contributed by atoms with Crippen molar-refractivity contribution in [1.82, 2.24) is 19.7 Å². The van der Waals surface area contributed by atoms with E-state index in [9.17, 15) is 4.79 Å². The second-order valence-electron chi connectivity index (χ2n) is 6.03. The largest absolute Gasteiger partial charge is 0.356 e. The average Bonchev–Trinajstić information content (AvgIpc) is 3.07. The molecule has 1 aliphatic rings. The normalized spacial score (nSPS) is 15.1. The first kappa shape index (κ1) is 16.0. The Morgan fingerprint density at radius 1 is 1.38 bits per heavy atom. The molecule has 0 aliphatic carbocycles. The number of hydrogen-bond acceptors (Lipinski definition) is 5. The van der Waals surface area contributed by atoms with Crippen molar-refractivity contribution in [3.63, 3.8) is 0 Å². The van der Waals surface area contributed by atoms with Crippen LogP contribution >= 0.6 is 0 Å². The zero-order valence-electron chi connectivity index (χ0n) is 13.9. The Hall–Kier alpha value is -2.88. The Labute approximate surface area is 141 Å². The third kappa shape index (κ3) is 3.23. The topological polar surface area (TPSA) is 78.0 Å². The fourth-order valence-corrected chi connectivity index (χ4v) is 3.05. The van der Waals surface area contributed by atoms with E-state index in [-0.39, 0.29) is 11.9 Å². The van der Waals surface area contributed by atoms with Crippen LogP contribution in [0.1, 0.15) is 28.9 Å². The zero-order chi connectivity index (χ0) is 17.1. The lowest BCUT2D eigenvalue weighted by atomic mass is 10.0. The smallest absolute Gasteiger partial charge is 0.257 e. The van der Waals surface area contributed by atoms with Gasteiger partial charge < -0.3 is 9.80 Å². The Balaban J connectivity index is 1.62. The molecule has 1 saturated heterocycles. The number of aromatic nitrogens is 3. The lowest BCUT2D eigenvalue weighted by molar-refractivity contribution is 0.0709. The summed E-state index contributed by atoms with van der Waals surface area (Å²) in [7, 11) is 3.65. The van der Waals surface area contributed by atoms with Crippen molar-refractivity contribution in [1.29, 1.82) is 5.26 Å². The Kier molecular flexibility index (Phi) is 4.47. The molecule has 1 aliphatic heterocycles. The molecule has 0 radical (unpaired) electrons. The highest BCUT2D eigenvalue weighted by Gasteiger charge is 2.27. The van der Waals surface area contributed by atoms with Crippen molar-refractivity contribution in [3.05, 3.63) is 41.9 Å². The van der Waals surface area contributed by atoms with Crippen LogP contribution in [0.2, 0.25) is 0 Å². The molecule has 0 N–H and O–H groups in total. The van der Waals surface area contributed by atoms with E-state index in [4.69, 9.17) is 5.26 Å². The summed E-state index contributed by atoms with van der Waals surface area (Å²) in [5.74, 6) is 0.833. The zero-order valence-corrected chi connectivity index (χ0v) is 13.9. The molecule has 0 atom stereocenters. The standard InChI is InChI=1S/C17H20N6O/c1-21-12-13(11-19-21)17(24)22(2)15-6-8-23(9-7-15)16-5-3-4-14(10-18)20-16/h3-5,11-12,15H,6-9H2,1-2H3. The molecule has 1 fully saturated rings.